The van der Waals surface area contributed by atoms with E-state index in [1.807, 2.05) is 48.7 Å². The van der Waals surface area contributed by atoms with Crippen molar-refractivity contribution in [2.75, 3.05) is 14.1 Å². The molecule has 6 nitrogen and oxygen atoms in total. The molecule has 1 unspecified atom stereocenters. The molecule has 2 aromatic rings. The number of ether oxygens (including phenoxy) is 1. The molecule has 0 spiro atoms. The van der Waals surface area contributed by atoms with Gasteiger partial charge in [-0.1, -0.05) is 36.4 Å². The fourth-order valence-corrected chi connectivity index (χ4v) is 4.81. The van der Waals surface area contributed by atoms with Gasteiger partial charge in [0.1, 0.15) is 33.9 Å². The average Bonchev–Trinajstić information content (AvgIpc) is 3.09. The largest absolute Gasteiger partial charge is 0.507 e. The van der Waals surface area contributed by atoms with Crippen molar-refractivity contribution in [3.05, 3.63) is 65.4 Å². The zero-order valence-corrected chi connectivity index (χ0v) is 18.1. The van der Waals surface area contributed by atoms with Gasteiger partial charge < -0.3 is 9.84 Å². The van der Waals surface area contributed by atoms with E-state index >= 15 is 0 Å². The van der Waals surface area contributed by atoms with Gasteiger partial charge in [0.15, 0.2) is 5.78 Å². The van der Waals surface area contributed by atoms with Crippen LogP contribution in [0.5, 0.6) is 11.5 Å². The molecule has 0 aliphatic carbocycles. The summed E-state index contributed by atoms with van der Waals surface area (Å²) in [6.07, 6.45) is 1.82. The minimum Gasteiger partial charge on any atom is -0.507 e. The van der Waals surface area contributed by atoms with Gasteiger partial charge in [0.2, 0.25) is 5.12 Å². The van der Waals surface area contributed by atoms with E-state index in [9.17, 15) is 14.7 Å². The van der Waals surface area contributed by atoms with E-state index in [1.165, 1.54) is 18.0 Å². The molecule has 8 heteroatoms. The third-order valence-corrected chi connectivity index (χ3v) is 6.37. The number of hydrogen-bond donors (Lipinski definition) is 1. The molecule has 2 aliphatic heterocycles. The smallest absolute Gasteiger partial charge is 0.243 e. The number of aliphatic imine (C=N–C) groups is 1. The fourth-order valence-electron chi connectivity index (χ4n) is 3.25. The van der Waals surface area contributed by atoms with Gasteiger partial charge in [-0.15, -0.1) is 0 Å². The summed E-state index contributed by atoms with van der Waals surface area (Å²) in [5.74, 6) is 0.155. The van der Waals surface area contributed by atoms with Crippen molar-refractivity contribution in [2.45, 2.75) is 23.8 Å². The Labute approximate surface area is 183 Å². The van der Waals surface area contributed by atoms with Crippen LogP contribution in [0.3, 0.4) is 0 Å². The maximum Gasteiger partial charge on any atom is 0.243 e. The standard InChI is InChI=1S/C22H20N2O4S2/c1-24(2)30-18-11-10-16(25)19-17(26)12-14(28-20(18)19)8-9-15-22(27)29-21(23-15)13-6-4-3-5-7-13/h3-7,9-11,14,25H,8,12H2,1-2H3. The van der Waals surface area contributed by atoms with Crippen LogP contribution >= 0.6 is 23.7 Å². The Balaban J connectivity index is 1.55. The number of ketones is 1. The second-order valence-electron chi connectivity index (χ2n) is 7.06. The SMILES string of the molecule is CN(C)Sc1ccc(O)c2c1OC(CC=C1N=C(c3ccccc3)SC1=O)CC2=O. The summed E-state index contributed by atoms with van der Waals surface area (Å²) < 4.78 is 7.97. The van der Waals surface area contributed by atoms with Crippen LogP contribution in [-0.4, -0.2) is 45.6 Å². The van der Waals surface area contributed by atoms with Gasteiger partial charge in [-0.25, -0.2) is 4.99 Å². The van der Waals surface area contributed by atoms with Crippen LogP contribution in [0.25, 0.3) is 0 Å². The lowest BCUT2D eigenvalue weighted by Crippen LogP contribution is -2.27. The first-order valence-electron chi connectivity index (χ1n) is 9.40. The molecule has 1 atom stereocenters. The second-order valence-corrected chi connectivity index (χ2v) is 9.37. The van der Waals surface area contributed by atoms with Crippen molar-refractivity contribution < 1.29 is 19.4 Å². The number of hydrogen-bond acceptors (Lipinski definition) is 8. The quantitative estimate of drug-likeness (QED) is 0.549. The zero-order valence-electron chi connectivity index (χ0n) is 16.5. The lowest BCUT2D eigenvalue weighted by atomic mass is 9.98. The van der Waals surface area contributed by atoms with Gasteiger partial charge in [0.05, 0.1) is 4.90 Å². The molecule has 0 saturated heterocycles. The van der Waals surface area contributed by atoms with E-state index in [1.54, 1.807) is 12.1 Å². The maximum atomic E-state index is 12.7. The molecular weight excluding hydrogens is 420 g/mol. The number of rotatable bonds is 5. The third kappa shape index (κ3) is 4.30. The average molecular weight is 441 g/mol. The van der Waals surface area contributed by atoms with Crippen molar-refractivity contribution in [3.63, 3.8) is 0 Å². The Morgan fingerprint density at radius 1 is 1.23 bits per heavy atom. The number of thioether (sulfide) groups is 1. The van der Waals surface area contributed by atoms with E-state index in [0.29, 0.717) is 22.9 Å². The van der Waals surface area contributed by atoms with Crippen LogP contribution in [0.1, 0.15) is 28.8 Å². The normalized spacial score (nSPS) is 19.8. The topological polar surface area (TPSA) is 79.2 Å². The molecule has 30 heavy (non-hydrogen) atoms. The van der Waals surface area contributed by atoms with E-state index in [4.69, 9.17) is 4.74 Å². The number of aromatic hydroxyl groups is 1. The molecule has 2 heterocycles. The summed E-state index contributed by atoms with van der Waals surface area (Å²) >= 11 is 2.52. The van der Waals surface area contributed by atoms with Crippen molar-refractivity contribution in [1.29, 1.82) is 0 Å². The Kier molecular flexibility index (Phi) is 5.99. The second kappa shape index (κ2) is 8.67. The Bertz CT molecular complexity index is 1060. The number of benzene rings is 2. The van der Waals surface area contributed by atoms with Crippen LogP contribution in [0.15, 0.2) is 64.1 Å². The summed E-state index contributed by atoms with van der Waals surface area (Å²) in [5.41, 5.74) is 1.50. The molecule has 0 saturated carbocycles. The minimum absolute atomic E-state index is 0.0746. The number of carbonyl (C=O) groups excluding carboxylic acids is 2. The molecule has 2 aromatic carbocycles. The number of phenols is 1. The highest BCUT2D eigenvalue weighted by Crippen LogP contribution is 2.42. The molecule has 0 bridgehead atoms. The highest BCUT2D eigenvalue weighted by Gasteiger charge is 2.32. The Hall–Kier alpha value is -2.55. The number of phenolic OH excluding ortho intramolecular Hbond substituents is 1. The Morgan fingerprint density at radius 2 is 2.00 bits per heavy atom. The molecule has 154 valence electrons. The van der Waals surface area contributed by atoms with E-state index in [0.717, 1.165) is 22.2 Å². The van der Waals surface area contributed by atoms with Crippen molar-refractivity contribution in [2.24, 2.45) is 4.99 Å². The first kappa shape index (κ1) is 20.7. The third-order valence-electron chi connectivity index (χ3n) is 4.57. The molecule has 0 radical (unpaired) electrons. The molecule has 0 aromatic heterocycles. The molecular formula is C22H20N2O4S2. The summed E-state index contributed by atoms with van der Waals surface area (Å²) in [6.45, 7) is 0. The summed E-state index contributed by atoms with van der Waals surface area (Å²) in [6, 6.07) is 12.8. The minimum atomic E-state index is -0.422. The highest BCUT2D eigenvalue weighted by atomic mass is 32.2. The van der Waals surface area contributed by atoms with Crippen molar-refractivity contribution >= 4 is 39.7 Å². The number of Topliss-reactive ketones (excluding diaryl/α,β-unsaturated/α-hetero) is 1. The van der Waals surface area contributed by atoms with Gasteiger partial charge in [0, 0.05) is 18.4 Å². The highest BCUT2D eigenvalue weighted by molar-refractivity contribution is 8.27. The monoisotopic (exact) mass is 440 g/mol. The zero-order chi connectivity index (χ0) is 21.3. The molecule has 0 amide bonds. The van der Waals surface area contributed by atoms with Gasteiger partial charge in [0.25, 0.3) is 0 Å². The fraction of sp³-hybridized carbons (Fsp3) is 0.227. The van der Waals surface area contributed by atoms with Crippen LogP contribution in [0.4, 0.5) is 0 Å². The van der Waals surface area contributed by atoms with Crippen molar-refractivity contribution in [1.82, 2.24) is 4.31 Å². The van der Waals surface area contributed by atoms with E-state index < -0.39 is 6.10 Å². The predicted octanol–water partition coefficient (Wildman–Crippen LogP) is 4.29. The van der Waals surface area contributed by atoms with Crippen LogP contribution in [0, 0.1) is 0 Å². The van der Waals surface area contributed by atoms with E-state index in [2.05, 4.69) is 4.99 Å². The van der Waals surface area contributed by atoms with Gasteiger partial charge in [-0.3, -0.25) is 13.9 Å². The first-order chi connectivity index (χ1) is 14.4. The molecule has 1 N–H and O–H groups in total. The van der Waals surface area contributed by atoms with E-state index in [-0.39, 0.29) is 28.6 Å². The van der Waals surface area contributed by atoms with Crippen LogP contribution in [-0.2, 0) is 4.79 Å². The van der Waals surface area contributed by atoms with Crippen molar-refractivity contribution in [3.8, 4) is 11.5 Å². The maximum absolute atomic E-state index is 12.7. The van der Waals surface area contributed by atoms with Gasteiger partial charge in [-0.05, 0) is 49.9 Å². The predicted molar refractivity (Wildman–Crippen MR) is 119 cm³/mol. The lowest BCUT2D eigenvalue weighted by Gasteiger charge is -2.27. The summed E-state index contributed by atoms with van der Waals surface area (Å²) in [4.78, 5) is 30.2. The lowest BCUT2D eigenvalue weighted by molar-refractivity contribution is -0.107. The number of nitrogens with zero attached hydrogens (tertiary/aromatic N) is 2. The number of fused-ring (bicyclic) bond motifs is 1. The first-order valence-corrected chi connectivity index (χ1v) is 11.0. The van der Waals surface area contributed by atoms with Crippen LogP contribution in [0.2, 0.25) is 0 Å². The van der Waals surface area contributed by atoms with Gasteiger partial charge >= 0.3 is 0 Å². The molecule has 4 rings (SSSR count). The summed E-state index contributed by atoms with van der Waals surface area (Å²) in [7, 11) is 3.78. The van der Waals surface area contributed by atoms with Gasteiger partial charge in [-0.2, -0.15) is 0 Å². The summed E-state index contributed by atoms with van der Waals surface area (Å²) in [5, 5.41) is 10.7. The molecule has 2 aliphatic rings. The van der Waals surface area contributed by atoms with Crippen LogP contribution < -0.4 is 4.74 Å². The molecule has 0 fully saturated rings. The number of carbonyl (C=O) groups is 2. The Morgan fingerprint density at radius 3 is 2.73 bits per heavy atom.